The fraction of sp³-hybridized carbons (Fsp3) is 0.417. The van der Waals surface area contributed by atoms with Gasteiger partial charge in [0.05, 0.1) is 17.3 Å². The second kappa shape index (κ2) is 5.49. The zero-order valence-corrected chi connectivity index (χ0v) is 11.7. The van der Waals surface area contributed by atoms with Gasteiger partial charge in [-0.25, -0.2) is 13.5 Å². The molecule has 0 radical (unpaired) electrons. The van der Waals surface area contributed by atoms with Crippen molar-refractivity contribution < 1.29 is 18.0 Å². The van der Waals surface area contributed by atoms with E-state index < -0.39 is 15.1 Å². The monoisotopic (exact) mass is 271 g/mol. The third kappa shape index (κ3) is 2.88. The molecule has 0 N–H and O–H groups in total. The Balaban J connectivity index is 3.05. The molecule has 0 aromatic heterocycles. The van der Waals surface area contributed by atoms with Crippen LogP contribution in [0.15, 0.2) is 29.2 Å². The van der Waals surface area contributed by atoms with Gasteiger partial charge in [0.15, 0.2) is 9.84 Å². The van der Waals surface area contributed by atoms with E-state index in [-0.39, 0.29) is 10.8 Å². The molecule has 0 unspecified atom stereocenters. The fourth-order valence-electron chi connectivity index (χ4n) is 1.32. The summed E-state index contributed by atoms with van der Waals surface area (Å²) in [4.78, 5) is 16.7. The van der Waals surface area contributed by atoms with Crippen LogP contribution in [0, 0.1) is 0 Å². The zero-order valence-electron chi connectivity index (χ0n) is 10.9. The Morgan fingerprint density at radius 3 is 2.11 bits per heavy atom. The van der Waals surface area contributed by atoms with E-state index in [0.717, 1.165) is 5.06 Å². The van der Waals surface area contributed by atoms with Crippen LogP contribution in [0.25, 0.3) is 0 Å². The van der Waals surface area contributed by atoms with E-state index in [4.69, 9.17) is 4.84 Å². The molecule has 18 heavy (non-hydrogen) atoms. The molecule has 0 spiro atoms. The van der Waals surface area contributed by atoms with Gasteiger partial charge in [-0.3, -0.25) is 9.63 Å². The summed E-state index contributed by atoms with van der Waals surface area (Å²) in [7, 11) is -0.430. The van der Waals surface area contributed by atoms with E-state index >= 15 is 0 Å². The Bertz CT molecular complexity index is 520. The molecule has 0 atom stereocenters. The Labute approximate surface area is 107 Å². The minimum absolute atomic E-state index is 0.217. The van der Waals surface area contributed by atoms with Crippen LogP contribution in [-0.4, -0.2) is 38.8 Å². The van der Waals surface area contributed by atoms with E-state index in [2.05, 4.69) is 0 Å². The van der Waals surface area contributed by atoms with Crippen LogP contribution in [0.4, 0.5) is 0 Å². The number of nitrogens with zero attached hydrogens (tertiary/aromatic N) is 1. The van der Waals surface area contributed by atoms with Crippen molar-refractivity contribution in [3.05, 3.63) is 29.8 Å². The Kier molecular flexibility index (Phi) is 4.48. The number of hydroxylamine groups is 2. The molecule has 1 aromatic rings. The van der Waals surface area contributed by atoms with Crippen molar-refractivity contribution >= 4 is 15.7 Å². The minimum atomic E-state index is -3.30. The lowest BCUT2D eigenvalue weighted by molar-refractivity contribution is -0.0757. The number of carbonyl (C=O) groups excluding carboxylic acids is 1. The predicted molar refractivity (Wildman–Crippen MR) is 67.9 cm³/mol. The SMILES string of the molecule is CON(C)C(=O)c1ccc(S(=O)(=O)C(C)C)cc1. The van der Waals surface area contributed by atoms with Gasteiger partial charge in [-0.1, -0.05) is 0 Å². The summed E-state index contributed by atoms with van der Waals surface area (Å²) in [6, 6.07) is 5.83. The lowest BCUT2D eigenvalue weighted by Gasteiger charge is -2.14. The average Bonchev–Trinajstić information content (AvgIpc) is 2.36. The van der Waals surface area contributed by atoms with Gasteiger partial charge in [0, 0.05) is 12.6 Å². The summed E-state index contributed by atoms with van der Waals surface area (Å²) >= 11 is 0. The van der Waals surface area contributed by atoms with Crippen molar-refractivity contribution in [2.75, 3.05) is 14.2 Å². The lowest BCUT2D eigenvalue weighted by atomic mass is 10.2. The molecule has 0 saturated heterocycles. The largest absolute Gasteiger partial charge is 0.277 e. The van der Waals surface area contributed by atoms with Gasteiger partial charge in [-0.15, -0.1) is 0 Å². The predicted octanol–water partition coefficient (Wildman–Crippen LogP) is 1.50. The standard InChI is InChI=1S/C12H17NO4S/c1-9(2)18(15,16)11-7-5-10(6-8-11)12(14)13(3)17-4/h5-9H,1-4H3. The Hall–Kier alpha value is -1.40. The Morgan fingerprint density at radius 2 is 1.72 bits per heavy atom. The third-order valence-electron chi connectivity index (χ3n) is 2.61. The van der Waals surface area contributed by atoms with Crippen molar-refractivity contribution in [1.82, 2.24) is 5.06 Å². The maximum atomic E-state index is 11.9. The number of carbonyl (C=O) groups is 1. The number of amides is 1. The number of hydrogen-bond donors (Lipinski definition) is 0. The first-order chi connectivity index (χ1) is 8.30. The highest BCUT2D eigenvalue weighted by Crippen LogP contribution is 2.17. The topological polar surface area (TPSA) is 63.7 Å². The molecule has 6 heteroatoms. The summed E-state index contributed by atoms with van der Waals surface area (Å²) in [5.41, 5.74) is 0.377. The number of benzene rings is 1. The van der Waals surface area contributed by atoms with Crippen LogP contribution >= 0.6 is 0 Å². The summed E-state index contributed by atoms with van der Waals surface area (Å²) in [6.07, 6.45) is 0. The highest BCUT2D eigenvalue weighted by molar-refractivity contribution is 7.92. The first-order valence-corrected chi connectivity index (χ1v) is 7.01. The maximum Gasteiger partial charge on any atom is 0.277 e. The van der Waals surface area contributed by atoms with Crippen molar-refractivity contribution in [1.29, 1.82) is 0 Å². The van der Waals surface area contributed by atoms with E-state index in [1.165, 1.54) is 38.4 Å². The fourth-order valence-corrected chi connectivity index (χ4v) is 2.38. The summed E-state index contributed by atoms with van der Waals surface area (Å²) in [6.45, 7) is 3.24. The van der Waals surface area contributed by atoms with Gasteiger partial charge in [0.1, 0.15) is 0 Å². The van der Waals surface area contributed by atoms with Gasteiger partial charge in [-0.2, -0.15) is 0 Å². The first kappa shape index (κ1) is 14.7. The van der Waals surface area contributed by atoms with Crippen LogP contribution in [0.1, 0.15) is 24.2 Å². The minimum Gasteiger partial charge on any atom is -0.274 e. The van der Waals surface area contributed by atoms with E-state index in [1.54, 1.807) is 13.8 Å². The highest BCUT2D eigenvalue weighted by atomic mass is 32.2. The molecular weight excluding hydrogens is 254 g/mol. The molecule has 100 valence electrons. The first-order valence-electron chi connectivity index (χ1n) is 5.46. The molecule has 1 aromatic carbocycles. The summed E-state index contributed by atoms with van der Waals surface area (Å²) in [5.74, 6) is -0.328. The van der Waals surface area contributed by atoms with E-state index in [0.29, 0.717) is 5.56 Å². The molecule has 0 heterocycles. The molecule has 0 fully saturated rings. The van der Waals surface area contributed by atoms with Crippen LogP contribution in [0.2, 0.25) is 0 Å². The highest BCUT2D eigenvalue weighted by Gasteiger charge is 2.19. The van der Waals surface area contributed by atoms with Crippen LogP contribution < -0.4 is 0 Å². The van der Waals surface area contributed by atoms with Crippen molar-refractivity contribution in [2.45, 2.75) is 24.0 Å². The number of hydrogen-bond acceptors (Lipinski definition) is 4. The maximum absolute atomic E-state index is 11.9. The molecular formula is C12H17NO4S. The molecule has 0 saturated carbocycles. The lowest BCUT2D eigenvalue weighted by Crippen LogP contribution is -2.25. The van der Waals surface area contributed by atoms with Crippen LogP contribution in [0.3, 0.4) is 0 Å². The third-order valence-corrected chi connectivity index (χ3v) is 4.78. The van der Waals surface area contributed by atoms with Crippen LogP contribution in [0.5, 0.6) is 0 Å². The summed E-state index contributed by atoms with van der Waals surface area (Å²) in [5, 5.41) is 0.590. The van der Waals surface area contributed by atoms with Gasteiger partial charge >= 0.3 is 0 Å². The van der Waals surface area contributed by atoms with Crippen LogP contribution in [-0.2, 0) is 14.7 Å². The van der Waals surface area contributed by atoms with E-state index in [9.17, 15) is 13.2 Å². The zero-order chi connectivity index (χ0) is 13.9. The average molecular weight is 271 g/mol. The normalized spacial score (nSPS) is 11.6. The Morgan fingerprint density at radius 1 is 1.22 bits per heavy atom. The second-order valence-electron chi connectivity index (χ2n) is 4.10. The van der Waals surface area contributed by atoms with Crippen molar-refractivity contribution in [2.24, 2.45) is 0 Å². The molecule has 0 aliphatic rings. The molecule has 0 bridgehead atoms. The molecule has 0 aliphatic carbocycles. The smallest absolute Gasteiger partial charge is 0.274 e. The molecule has 5 nitrogen and oxygen atoms in total. The molecule has 1 rings (SSSR count). The van der Waals surface area contributed by atoms with Crippen molar-refractivity contribution in [3.63, 3.8) is 0 Å². The number of rotatable bonds is 4. The second-order valence-corrected chi connectivity index (χ2v) is 6.61. The molecule has 0 aliphatic heterocycles. The van der Waals surface area contributed by atoms with E-state index in [1.807, 2.05) is 0 Å². The van der Waals surface area contributed by atoms with Gasteiger partial charge in [-0.05, 0) is 38.1 Å². The quantitative estimate of drug-likeness (QED) is 0.779. The summed E-state index contributed by atoms with van der Waals surface area (Å²) < 4.78 is 23.8. The van der Waals surface area contributed by atoms with Gasteiger partial charge in [0.25, 0.3) is 5.91 Å². The van der Waals surface area contributed by atoms with Crippen molar-refractivity contribution in [3.8, 4) is 0 Å². The molecule has 1 amide bonds. The van der Waals surface area contributed by atoms with Gasteiger partial charge < -0.3 is 0 Å². The van der Waals surface area contributed by atoms with Gasteiger partial charge in [0.2, 0.25) is 0 Å². The number of sulfone groups is 1.